The second-order valence-corrected chi connectivity index (χ2v) is 8.80. The van der Waals surface area contributed by atoms with Gasteiger partial charge in [0.2, 0.25) is 0 Å². The molecule has 0 saturated carbocycles. The number of hydrogen-bond acceptors (Lipinski definition) is 4. The summed E-state index contributed by atoms with van der Waals surface area (Å²) >= 11 is 3.94. The van der Waals surface area contributed by atoms with Crippen molar-refractivity contribution in [2.75, 3.05) is 11.5 Å². The Labute approximate surface area is 155 Å². The van der Waals surface area contributed by atoms with Crippen molar-refractivity contribution >= 4 is 40.4 Å². The van der Waals surface area contributed by atoms with Crippen LogP contribution in [0.5, 0.6) is 0 Å². The molecule has 0 unspecified atom stereocenters. The lowest BCUT2D eigenvalue weighted by atomic mass is 10.1. The van der Waals surface area contributed by atoms with Gasteiger partial charge >= 0.3 is 0 Å². The summed E-state index contributed by atoms with van der Waals surface area (Å²) in [4.78, 5) is 12.5. The van der Waals surface area contributed by atoms with Crippen LogP contribution in [0.4, 0.5) is 0 Å². The minimum Gasteiger partial charge on any atom is -0.459 e. The summed E-state index contributed by atoms with van der Waals surface area (Å²) in [5.41, 5.74) is 2.81. The number of rotatable bonds is 4. The minimum atomic E-state index is -0.180. The number of nitrogens with one attached hydrogen (secondary N) is 1. The van der Waals surface area contributed by atoms with E-state index in [1.54, 1.807) is 0 Å². The molecule has 5 heteroatoms. The van der Waals surface area contributed by atoms with E-state index in [0.29, 0.717) is 10.1 Å². The molecule has 1 atom stereocenters. The first-order valence-corrected chi connectivity index (χ1v) is 10.4. The van der Waals surface area contributed by atoms with E-state index in [0.717, 1.165) is 16.7 Å². The third-order valence-corrected chi connectivity index (χ3v) is 7.39. The van der Waals surface area contributed by atoms with Crippen LogP contribution in [0.15, 0.2) is 59.0 Å². The zero-order valence-corrected chi connectivity index (χ0v) is 15.5. The molecular formula is C20H19NO2S2. The first kappa shape index (κ1) is 16.6. The highest BCUT2D eigenvalue weighted by atomic mass is 32.2. The van der Waals surface area contributed by atoms with E-state index in [1.807, 2.05) is 72.9 Å². The van der Waals surface area contributed by atoms with Gasteiger partial charge in [-0.15, -0.1) is 23.5 Å². The monoisotopic (exact) mass is 369 g/mol. The average Bonchev–Trinajstić information content (AvgIpc) is 3.31. The molecule has 0 radical (unpaired) electrons. The fourth-order valence-electron chi connectivity index (χ4n) is 2.91. The molecule has 0 aliphatic carbocycles. The minimum absolute atomic E-state index is 0.0776. The van der Waals surface area contributed by atoms with Crippen molar-refractivity contribution in [3.05, 3.63) is 71.5 Å². The maximum absolute atomic E-state index is 12.5. The maximum atomic E-state index is 12.5. The molecule has 1 aromatic heterocycles. The molecule has 2 heterocycles. The fourth-order valence-corrected chi connectivity index (χ4v) is 5.77. The van der Waals surface area contributed by atoms with Gasteiger partial charge in [0.05, 0.1) is 10.6 Å². The highest BCUT2D eigenvalue weighted by Crippen LogP contribution is 2.45. The lowest BCUT2D eigenvalue weighted by Gasteiger charge is -2.12. The zero-order valence-electron chi connectivity index (χ0n) is 13.9. The summed E-state index contributed by atoms with van der Waals surface area (Å²) < 4.78 is 6.34. The normalized spacial score (nSPS) is 16.2. The Morgan fingerprint density at radius 1 is 1.12 bits per heavy atom. The smallest absolute Gasteiger partial charge is 0.251 e. The molecule has 128 valence electrons. The van der Waals surface area contributed by atoms with E-state index in [9.17, 15) is 4.79 Å². The van der Waals surface area contributed by atoms with E-state index in [4.69, 9.17) is 4.42 Å². The van der Waals surface area contributed by atoms with Crippen LogP contribution in [0.25, 0.3) is 11.0 Å². The molecule has 25 heavy (non-hydrogen) atoms. The number of para-hydroxylation sites is 1. The number of carbonyl (C=O) groups excluding carboxylic acids is 1. The molecule has 3 aromatic rings. The molecule has 1 fully saturated rings. The predicted octanol–water partition coefficient (Wildman–Crippen LogP) is 5.40. The second-order valence-electron chi connectivity index (χ2n) is 6.08. The highest BCUT2D eigenvalue weighted by molar-refractivity contribution is 8.19. The molecular weight excluding hydrogens is 350 g/mol. The number of amides is 1. The van der Waals surface area contributed by atoms with Gasteiger partial charge in [-0.3, -0.25) is 4.79 Å². The lowest BCUT2D eigenvalue weighted by molar-refractivity contribution is 0.0935. The van der Waals surface area contributed by atoms with Crippen LogP contribution >= 0.6 is 23.5 Å². The van der Waals surface area contributed by atoms with Crippen molar-refractivity contribution in [1.29, 1.82) is 0 Å². The summed E-state index contributed by atoms with van der Waals surface area (Å²) in [5.74, 6) is 3.09. The number of fused-ring (bicyclic) bond motifs is 1. The van der Waals surface area contributed by atoms with Crippen molar-refractivity contribution in [3.8, 4) is 0 Å². The van der Waals surface area contributed by atoms with E-state index < -0.39 is 0 Å². The SMILES string of the molecule is C[C@@H](NC(=O)c1ccc(C2SCCS2)cc1)c1cc2ccccc2o1. The second kappa shape index (κ2) is 7.18. The first-order chi connectivity index (χ1) is 12.2. The van der Waals surface area contributed by atoms with E-state index in [2.05, 4.69) is 17.4 Å². The molecule has 1 saturated heterocycles. The van der Waals surface area contributed by atoms with Crippen molar-refractivity contribution in [2.24, 2.45) is 0 Å². The van der Waals surface area contributed by atoms with Gasteiger partial charge in [-0.1, -0.05) is 30.3 Å². The van der Waals surface area contributed by atoms with Gasteiger partial charge in [-0.05, 0) is 36.8 Å². The van der Waals surface area contributed by atoms with Crippen LogP contribution in [0.2, 0.25) is 0 Å². The van der Waals surface area contributed by atoms with Gasteiger partial charge in [-0.2, -0.15) is 0 Å². The predicted molar refractivity (Wildman–Crippen MR) is 106 cm³/mol. The molecule has 0 bridgehead atoms. The third-order valence-electron chi connectivity index (χ3n) is 4.29. The zero-order chi connectivity index (χ0) is 17.2. The Bertz CT molecular complexity index is 849. The number of thioether (sulfide) groups is 2. The quantitative estimate of drug-likeness (QED) is 0.668. The number of hydrogen-bond donors (Lipinski definition) is 1. The fraction of sp³-hybridized carbons (Fsp3) is 0.250. The van der Waals surface area contributed by atoms with Crippen molar-refractivity contribution in [2.45, 2.75) is 17.5 Å². The van der Waals surface area contributed by atoms with E-state index in [1.165, 1.54) is 17.1 Å². The molecule has 1 aliphatic rings. The largest absolute Gasteiger partial charge is 0.459 e. The average molecular weight is 370 g/mol. The molecule has 0 spiro atoms. The number of benzene rings is 2. The van der Waals surface area contributed by atoms with Gasteiger partial charge in [0.25, 0.3) is 5.91 Å². The topological polar surface area (TPSA) is 42.2 Å². The van der Waals surface area contributed by atoms with Gasteiger partial charge < -0.3 is 9.73 Å². The molecule has 3 nitrogen and oxygen atoms in total. The van der Waals surface area contributed by atoms with Gasteiger partial charge in [-0.25, -0.2) is 0 Å². The summed E-state index contributed by atoms with van der Waals surface area (Å²) in [5, 5.41) is 4.07. The van der Waals surface area contributed by atoms with Crippen molar-refractivity contribution in [1.82, 2.24) is 5.32 Å². The molecule has 1 amide bonds. The van der Waals surface area contributed by atoms with Gasteiger partial charge in [0, 0.05) is 22.5 Å². The summed E-state index contributed by atoms with van der Waals surface area (Å²) in [7, 11) is 0. The Morgan fingerprint density at radius 2 is 1.84 bits per heavy atom. The summed E-state index contributed by atoms with van der Waals surface area (Å²) in [6.07, 6.45) is 0. The van der Waals surface area contributed by atoms with Crippen LogP contribution in [-0.4, -0.2) is 17.4 Å². The van der Waals surface area contributed by atoms with Gasteiger partial charge in [0.1, 0.15) is 11.3 Å². The van der Waals surface area contributed by atoms with Crippen LogP contribution in [0, 0.1) is 0 Å². The maximum Gasteiger partial charge on any atom is 0.251 e. The Morgan fingerprint density at radius 3 is 2.56 bits per heavy atom. The van der Waals surface area contributed by atoms with Crippen molar-refractivity contribution < 1.29 is 9.21 Å². The number of furan rings is 1. The molecule has 4 rings (SSSR count). The standard InChI is InChI=1S/C20H19NO2S2/c1-13(18-12-16-4-2-3-5-17(16)23-18)21-19(22)14-6-8-15(9-7-14)20-24-10-11-25-20/h2-9,12-13,20H,10-11H2,1H3,(H,21,22)/t13-/m1/s1. The Kier molecular flexibility index (Phi) is 4.77. The van der Waals surface area contributed by atoms with Crippen LogP contribution < -0.4 is 5.32 Å². The molecule has 1 aliphatic heterocycles. The molecule has 2 aromatic carbocycles. The van der Waals surface area contributed by atoms with E-state index >= 15 is 0 Å². The van der Waals surface area contributed by atoms with Crippen LogP contribution in [-0.2, 0) is 0 Å². The van der Waals surface area contributed by atoms with Crippen LogP contribution in [0.3, 0.4) is 0 Å². The summed E-state index contributed by atoms with van der Waals surface area (Å²) in [6.45, 7) is 1.94. The van der Waals surface area contributed by atoms with Crippen LogP contribution in [0.1, 0.15) is 39.2 Å². The highest BCUT2D eigenvalue weighted by Gasteiger charge is 2.19. The van der Waals surface area contributed by atoms with Crippen molar-refractivity contribution in [3.63, 3.8) is 0 Å². The Balaban J connectivity index is 1.45. The van der Waals surface area contributed by atoms with E-state index in [-0.39, 0.29) is 11.9 Å². The molecule has 1 N–H and O–H groups in total. The van der Waals surface area contributed by atoms with Gasteiger partial charge in [0.15, 0.2) is 0 Å². The first-order valence-electron chi connectivity index (χ1n) is 8.33. The number of carbonyl (C=O) groups is 1. The third kappa shape index (κ3) is 3.58. The summed E-state index contributed by atoms with van der Waals surface area (Å²) in [6, 6.07) is 17.6. The lowest BCUT2D eigenvalue weighted by Crippen LogP contribution is -2.26. The Hall–Kier alpha value is -1.85.